The van der Waals surface area contributed by atoms with Crippen molar-refractivity contribution in [2.75, 3.05) is 5.32 Å². The van der Waals surface area contributed by atoms with E-state index in [1.54, 1.807) is 47.4 Å². The average Bonchev–Trinajstić information content (AvgIpc) is 3.54. The van der Waals surface area contributed by atoms with Crippen molar-refractivity contribution in [2.24, 2.45) is 7.05 Å². The van der Waals surface area contributed by atoms with Crippen LogP contribution in [-0.4, -0.2) is 29.8 Å². The van der Waals surface area contributed by atoms with E-state index in [1.807, 2.05) is 48.1 Å². The number of aromatic nitrogens is 5. The van der Waals surface area contributed by atoms with Crippen molar-refractivity contribution < 1.29 is 9.18 Å². The first-order valence-corrected chi connectivity index (χ1v) is 9.97. The van der Waals surface area contributed by atoms with Gasteiger partial charge in [-0.15, -0.1) is 0 Å². The van der Waals surface area contributed by atoms with Crippen molar-refractivity contribution in [3.8, 4) is 22.9 Å². The predicted octanol–water partition coefficient (Wildman–Crippen LogP) is 4.45. The molecule has 5 rings (SSSR count). The maximum atomic E-state index is 14.5. The Labute approximate surface area is 183 Å². The number of carbonyl (C=O) groups is 1. The Kier molecular flexibility index (Phi) is 4.87. The van der Waals surface area contributed by atoms with Gasteiger partial charge >= 0.3 is 0 Å². The Hall–Kier alpha value is -4.46. The van der Waals surface area contributed by atoms with Crippen LogP contribution in [-0.2, 0) is 7.05 Å². The number of nitrogens with one attached hydrogen (secondary N) is 1. The number of nitrogens with zero attached hydrogens (tertiary/aromatic N) is 5. The van der Waals surface area contributed by atoms with Crippen molar-refractivity contribution in [1.29, 1.82) is 0 Å². The number of carbonyl (C=O) groups excluding carboxylic acids is 1. The first-order valence-electron chi connectivity index (χ1n) is 9.97. The Balaban J connectivity index is 1.53. The standard InChI is InChI=1S/C24H19FN6O/c1-29-14-11-26-22(29)17-7-6-8-18(15-17)28-23(32)19-16-27-31(21-10-3-2-9-20(21)25)24(19)30-12-4-5-13-30/h2-16H,1H3,(H,28,32). The minimum absolute atomic E-state index is 0.257. The number of benzene rings is 2. The van der Waals surface area contributed by atoms with Crippen molar-refractivity contribution in [2.45, 2.75) is 0 Å². The van der Waals surface area contributed by atoms with E-state index < -0.39 is 5.82 Å². The molecule has 1 N–H and O–H groups in total. The van der Waals surface area contributed by atoms with Gasteiger partial charge in [0.25, 0.3) is 5.91 Å². The van der Waals surface area contributed by atoms with Gasteiger partial charge in [-0.3, -0.25) is 4.79 Å². The van der Waals surface area contributed by atoms with Crippen molar-refractivity contribution in [3.63, 3.8) is 0 Å². The summed E-state index contributed by atoms with van der Waals surface area (Å²) in [5, 5.41) is 7.24. The molecule has 0 aliphatic heterocycles. The summed E-state index contributed by atoms with van der Waals surface area (Å²) in [7, 11) is 1.91. The number of hydrogen-bond acceptors (Lipinski definition) is 3. The zero-order chi connectivity index (χ0) is 22.1. The van der Waals surface area contributed by atoms with Gasteiger partial charge in [0.05, 0.1) is 6.20 Å². The Bertz CT molecular complexity index is 1400. The molecule has 1 amide bonds. The van der Waals surface area contributed by atoms with Gasteiger partial charge in [-0.25, -0.2) is 14.1 Å². The highest BCUT2D eigenvalue weighted by atomic mass is 19.1. The molecule has 0 atom stereocenters. The van der Waals surface area contributed by atoms with Gasteiger partial charge in [0.2, 0.25) is 0 Å². The van der Waals surface area contributed by atoms with Crippen molar-refractivity contribution in [3.05, 3.63) is 103 Å². The molecule has 2 aromatic carbocycles. The van der Waals surface area contributed by atoms with Crippen molar-refractivity contribution in [1.82, 2.24) is 23.9 Å². The normalized spacial score (nSPS) is 10.9. The molecule has 0 unspecified atom stereocenters. The molecule has 7 nitrogen and oxygen atoms in total. The molecule has 0 spiro atoms. The summed E-state index contributed by atoms with van der Waals surface area (Å²) in [5.74, 6) is 0.450. The molecule has 0 aliphatic rings. The van der Waals surface area contributed by atoms with Crippen LogP contribution in [0, 0.1) is 5.82 Å². The van der Waals surface area contributed by atoms with E-state index in [4.69, 9.17) is 0 Å². The van der Waals surface area contributed by atoms with Gasteiger partial charge in [-0.1, -0.05) is 24.3 Å². The monoisotopic (exact) mass is 426 g/mol. The van der Waals surface area contributed by atoms with E-state index in [2.05, 4.69) is 15.4 Å². The fourth-order valence-electron chi connectivity index (χ4n) is 3.60. The lowest BCUT2D eigenvalue weighted by Gasteiger charge is -2.12. The predicted molar refractivity (Wildman–Crippen MR) is 119 cm³/mol. The first kappa shape index (κ1) is 19.5. The lowest BCUT2D eigenvalue weighted by Crippen LogP contribution is -2.15. The van der Waals surface area contributed by atoms with Crippen LogP contribution in [0.3, 0.4) is 0 Å². The lowest BCUT2D eigenvalue weighted by molar-refractivity contribution is 0.102. The van der Waals surface area contributed by atoms with Gasteiger partial charge in [0.1, 0.15) is 22.9 Å². The third kappa shape index (κ3) is 3.47. The SMILES string of the molecule is Cn1ccnc1-c1cccc(NC(=O)c2cnn(-c3ccccc3F)c2-n2cccc2)c1. The molecule has 0 saturated carbocycles. The summed E-state index contributed by atoms with van der Waals surface area (Å²) < 4.78 is 19.6. The van der Waals surface area contributed by atoms with Crippen LogP contribution in [0.15, 0.2) is 91.6 Å². The van der Waals surface area contributed by atoms with E-state index in [-0.39, 0.29) is 11.6 Å². The summed E-state index contributed by atoms with van der Waals surface area (Å²) >= 11 is 0. The third-order valence-corrected chi connectivity index (χ3v) is 5.12. The topological polar surface area (TPSA) is 69.7 Å². The molecule has 158 valence electrons. The van der Waals surface area contributed by atoms with E-state index >= 15 is 0 Å². The van der Waals surface area contributed by atoms with Gasteiger partial charge in [-0.2, -0.15) is 5.10 Å². The summed E-state index contributed by atoms with van der Waals surface area (Å²) in [5.41, 5.74) is 2.06. The molecule has 3 heterocycles. The molecular formula is C24H19FN6O. The molecule has 0 aliphatic carbocycles. The maximum Gasteiger partial charge on any atom is 0.261 e. The highest BCUT2D eigenvalue weighted by Gasteiger charge is 2.21. The average molecular weight is 426 g/mol. The molecule has 0 fully saturated rings. The third-order valence-electron chi connectivity index (χ3n) is 5.12. The summed E-state index contributed by atoms with van der Waals surface area (Å²) in [6, 6.07) is 17.4. The van der Waals surface area contributed by atoms with Crippen LogP contribution in [0.25, 0.3) is 22.9 Å². The van der Waals surface area contributed by atoms with E-state index in [0.29, 0.717) is 17.1 Å². The number of hydrogen-bond donors (Lipinski definition) is 1. The fraction of sp³-hybridized carbons (Fsp3) is 0.0417. The van der Waals surface area contributed by atoms with Crippen LogP contribution in [0.4, 0.5) is 10.1 Å². The van der Waals surface area contributed by atoms with Crippen LogP contribution in [0.5, 0.6) is 0 Å². The molecular weight excluding hydrogens is 407 g/mol. The highest BCUT2D eigenvalue weighted by molar-refractivity contribution is 6.06. The van der Waals surface area contributed by atoms with E-state index in [0.717, 1.165) is 11.4 Å². The second-order valence-corrected chi connectivity index (χ2v) is 7.23. The van der Waals surface area contributed by atoms with Crippen molar-refractivity contribution >= 4 is 11.6 Å². The summed E-state index contributed by atoms with van der Waals surface area (Å²) in [6.07, 6.45) is 8.60. The van der Waals surface area contributed by atoms with E-state index in [1.165, 1.54) is 16.9 Å². The molecule has 0 bridgehead atoms. The van der Waals surface area contributed by atoms with Crippen LogP contribution >= 0.6 is 0 Å². The quantitative estimate of drug-likeness (QED) is 0.451. The number of imidazole rings is 1. The minimum Gasteiger partial charge on any atom is -0.334 e. The smallest absolute Gasteiger partial charge is 0.261 e. The Morgan fingerprint density at radius 3 is 2.56 bits per heavy atom. The van der Waals surface area contributed by atoms with Gasteiger partial charge in [0, 0.05) is 43.1 Å². The maximum absolute atomic E-state index is 14.5. The summed E-state index contributed by atoms with van der Waals surface area (Å²) in [6.45, 7) is 0. The van der Waals surface area contributed by atoms with Crippen LogP contribution in [0.2, 0.25) is 0 Å². The number of amides is 1. The Morgan fingerprint density at radius 2 is 1.81 bits per heavy atom. The molecule has 3 aromatic heterocycles. The number of anilines is 1. The molecule has 8 heteroatoms. The molecule has 0 radical (unpaired) electrons. The molecule has 5 aromatic rings. The number of aryl methyl sites for hydroxylation is 1. The zero-order valence-corrected chi connectivity index (χ0v) is 17.2. The van der Waals surface area contributed by atoms with Gasteiger partial charge < -0.3 is 14.5 Å². The van der Waals surface area contributed by atoms with Crippen LogP contribution < -0.4 is 5.32 Å². The lowest BCUT2D eigenvalue weighted by atomic mass is 10.2. The summed E-state index contributed by atoms with van der Waals surface area (Å²) in [4.78, 5) is 17.6. The Morgan fingerprint density at radius 1 is 1.00 bits per heavy atom. The number of halogens is 1. The number of para-hydroxylation sites is 1. The first-order chi connectivity index (χ1) is 15.6. The molecule has 0 saturated heterocycles. The molecule has 32 heavy (non-hydrogen) atoms. The van der Waals surface area contributed by atoms with Gasteiger partial charge in [0.15, 0.2) is 5.82 Å². The van der Waals surface area contributed by atoms with Crippen LogP contribution in [0.1, 0.15) is 10.4 Å². The van der Waals surface area contributed by atoms with E-state index in [9.17, 15) is 9.18 Å². The van der Waals surface area contributed by atoms with Gasteiger partial charge in [-0.05, 0) is 36.4 Å². The number of rotatable bonds is 5. The fourth-order valence-corrected chi connectivity index (χ4v) is 3.60. The zero-order valence-electron chi connectivity index (χ0n) is 17.2. The minimum atomic E-state index is -0.432. The largest absolute Gasteiger partial charge is 0.334 e. The highest BCUT2D eigenvalue weighted by Crippen LogP contribution is 2.24. The second kappa shape index (κ2) is 7.99. The second-order valence-electron chi connectivity index (χ2n) is 7.23.